The zero-order valence-electron chi connectivity index (χ0n) is 24.1. The van der Waals surface area contributed by atoms with Crippen molar-refractivity contribution in [3.8, 4) is 0 Å². The van der Waals surface area contributed by atoms with E-state index in [9.17, 15) is 19.5 Å². The van der Waals surface area contributed by atoms with Crippen molar-refractivity contribution in [1.82, 2.24) is 9.80 Å². The number of fused-ring (bicyclic) bond motifs is 1. The summed E-state index contributed by atoms with van der Waals surface area (Å²) in [6, 6.07) is 10.9. The number of hydrogen-bond donors (Lipinski definition) is 3. The van der Waals surface area contributed by atoms with Gasteiger partial charge < -0.3 is 25.0 Å². The normalized spacial score (nSPS) is 23.3. The molecule has 2 aromatic carbocycles. The maximum absolute atomic E-state index is 15.1. The third-order valence-electron chi connectivity index (χ3n) is 8.70. The number of anilines is 1. The largest absolute Gasteiger partial charge is 0.377 e. The molecule has 7 nitrogen and oxygen atoms in total. The average molecular weight is 653 g/mol. The van der Waals surface area contributed by atoms with E-state index in [1.807, 2.05) is 12.1 Å². The second-order valence-electron chi connectivity index (χ2n) is 12.7. The number of rotatable bonds is 8. The molecular weight excluding hydrogens is 619 g/mol. The number of aliphatic hydroxyl groups is 1. The van der Waals surface area contributed by atoms with E-state index in [0.717, 1.165) is 28.9 Å². The maximum atomic E-state index is 15.1. The van der Waals surface area contributed by atoms with Gasteiger partial charge in [-0.3, -0.25) is 9.59 Å². The minimum Gasteiger partial charge on any atom is -0.377 e. The third-order valence-corrected chi connectivity index (χ3v) is 9.71. The van der Waals surface area contributed by atoms with Crippen molar-refractivity contribution >= 4 is 59.6 Å². The molecule has 3 aliphatic rings. The SMILES string of the molecule is CN(CC1(c2cccc(C(C)(C)C)c2)CC1)C(=O)C(O)C1=CC(F)(F)CN1C1(C(S)C=O)C(=O)Nc2c(Cl)cc(Cl)cc21. The molecule has 1 fully saturated rings. The van der Waals surface area contributed by atoms with Crippen molar-refractivity contribution in [2.24, 2.45) is 0 Å². The molecule has 230 valence electrons. The topological polar surface area (TPSA) is 90.0 Å². The molecule has 43 heavy (non-hydrogen) atoms. The molecule has 0 saturated heterocycles. The standard InChI is InChI=1S/C31H33Cl2F2N3O4S/c1-28(2,3)17-6-5-7-18(10-17)29(8-9-29)15-37(4)26(41)25(40)22-13-30(34,35)16-38(22)31(23(43)14-39)20-11-19(32)12-21(33)24(20)36-27(31)42/h5-7,10-14,23,25,40,43H,8-9,15-16H2,1-4H3,(H,36,42). The number of amides is 2. The lowest BCUT2D eigenvalue weighted by atomic mass is 9.83. The first kappa shape index (κ1) is 31.8. The van der Waals surface area contributed by atoms with Crippen LogP contribution in [-0.2, 0) is 30.8 Å². The van der Waals surface area contributed by atoms with Crippen LogP contribution >= 0.6 is 35.8 Å². The summed E-state index contributed by atoms with van der Waals surface area (Å²) in [6.07, 6.45) is 0.384. The van der Waals surface area contributed by atoms with Crippen LogP contribution < -0.4 is 5.32 Å². The van der Waals surface area contributed by atoms with Crippen LogP contribution in [0.4, 0.5) is 14.5 Å². The summed E-state index contributed by atoms with van der Waals surface area (Å²) in [5, 5.41) is 12.6. The summed E-state index contributed by atoms with van der Waals surface area (Å²) in [4.78, 5) is 41.7. The highest BCUT2D eigenvalue weighted by Crippen LogP contribution is 2.53. The first-order valence-corrected chi connectivity index (χ1v) is 15.1. The van der Waals surface area contributed by atoms with E-state index in [2.05, 4.69) is 50.8 Å². The van der Waals surface area contributed by atoms with Gasteiger partial charge >= 0.3 is 0 Å². The number of carbonyl (C=O) groups is 3. The summed E-state index contributed by atoms with van der Waals surface area (Å²) in [5.41, 5.74) is -0.754. The number of alkyl halides is 2. The summed E-state index contributed by atoms with van der Waals surface area (Å²) < 4.78 is 30.2. The quantitative estimate of drug-likeness (QED) is 0.266. The van der Waals surface area contributed by atoms with Gasteiger partial charge in [-0.25, -0.2) is 0 Å². The molecule has 1 aliphatic carbocycles. The third kappa shape index (κ3) is 5.34. The second-order valence-corrected chi connectivity index (χ2v) is 14.1. The number of benzene rings is 2. The molecule has 3 atom stereocenters. The number of nitrogens with zero attached hydrogens (tertiary/aromatic N) is 2. The van der Waals surface area contributed by atoms with Gasteiger partial charge in [0.1, 0.15) is 6.29 Å². The van der Waals surface area contributed by atoms with Crippen LogP contribution in [0.1, 0.15) is 50.3 Å². The summed E-state index contributed by atoms with van der Waals surface area (Å²) in [6.45, 7) is 5.51. The zero-order chi connectivity index (χ0) is 31.7. The van der Waals surface area contributed by atoms with E-state index >= 15 is 8.78 Å². The van der Waals surface area contributed by atoms with Gasteiger partial charge in [-0.2, -0.15) is 21.4 Å². The van der Waals surface area contributed by atoms with Gasteiger partial charge in [0, 0.05) is 35.7 Å². The highest BCUT2D eigenvalue weighted by atomic mass is 35.5. The molecular formula is C31H33Cl2F2N3O4S. The number of likely N-dealkylation sites (N-methyl/N-ethyl adjacent to an activating group) is 1. The van der Waals surface area contributed by atoms with Crippen molar-refractivity contribution in [3.63, 3.8) is 0 Å². The highest BCUT2D eigenvalue weighted by molar-refractivity contribution is 7.81. The molecule has 0 bridgehead atoms. The molecule has 0 radical (unpaired) electrons. The fourth-order valence-electron chi connectivity index (χ4n) is 6.22. The molecule has 2 amide bonds. The van der Waals surface area contributed by atoms with Gasteiger partial charge in [0.15, 0.2) is 11.6 Å². The maximum Gasteiger partial charge on any atom is 0.285 e. The fourth-order valence-corrected chi connectivity index (χ4v) is 7.16. The second kappa shape index (κ2) is 10.8. The lowest BCUT2D eigenvalue weighted by Gasteiger charge is -2.43. The first-order valence-electron chi connectivity index (χ1n) is 13.8. The molecule has 3 unspecified atom stereocenters. The van der Waals surface area contributed by atoms with Crippen LogP contribution in [0.25, 0.3) is 0 Å². The van der Waals surface area contributed by atoms with Crippen LogP contribution in [0.2, 0.25) is 10.0 Å². The lowest BCUT2D eigenvalue weighted by molar-refractivity contribution is -0.140. The number of carbonyl (C=O) groups excluding carboxylic acids is 3. The Balaban J connectivity index is 1.49. The van der Waals surface area contributed by atoms with Gasteiger partial charge in [-0.1, -0.05) is 68.2 Å². The molecule has 2 N–H and O–H groups in total. The molecule has 12 heteroatoms. The fraction of sp³-hybridized carbons (Fsp3) is 0.452. The van der Waals surface area contributed by atoms with Crippen LogP contribution in [0.5, 0.6) is 0 Å². The van der Waals surface area contributed by atoms with E-state index in [4.69, 9.17) is 23.2 Å². The Labute approximate surface area is 264 Å². The molecule has 0 spiro atoms. The Morgan fingerprint density at radius 2 is 1.91 bits per heavy atom. The monoisotopic (exact) mass is 651 g/mol. The molecule has 1 saturated carbocycles. The number of thiol groups is 1. The highest BCUT2D eigenvalue weighted by Gasteiger charge is 2.61. The van der Waals surface area contributed by atoms with Crippen molar-refractivity contribution in [2.45, 2.75) is 67.3 Å². The van der Waals surface area contributed by atoms with Gasteiger partial charge in [-0.15, -0.1) is 0 Å². The van der Waals surface area contributed by atoms with Gasteiger partial charge in [0.05, 0.1) is 28.2 Å². The van der Waals surface area contributed by atoms with Crippen LogP contribution in [0, 0.1) is 0 Å². The Morgan fingerprint density at radius 1 is 1.23 bits per heavy atom. The van der Waals surface area contributed by atoms with Gasteiger partial charge in [0.25, 0.3) is 17.7 Å². The molecule has 0 aromatic heterocycles. The zero-order valence-corrected chi connectivity index (χ0v) is 26.5. The van der Waals surface area contributed by atoms with Crippen molar-refractivity contribution < 1.29 is 28.3 Å². The van der Waals surface area contributed by atoms with Crippen LogP contribution in [0.3, 0.4) is 0 Å². The minimum atomic E-state index is -3.55. The van der Waals surface area contributed by atoms with E-state index in [1.165, 1.54) is 24.1 Å². The lowest BCUT2D eigenvalue weighted by Crippen LogP contribution is -2.59. The summed E-state index contributed by atoms with van der Waals surface area (Å²) >= 11 is 16.9. The number of aliphatic hydroxyl groups excluding tert-OH is 1. The summed E-state index contributed by atoms with van der Waals surface area (Å²) in [7, 11) is 1.51. The number of nitrogens with one attached hydrogen (secondary N) is 1. The number of halogens is 4. The Hall–Kier alpha value is -2.66. The Morgan fingerprint density at radius 3 is 2.51 bits per heavy atom. The van der Waals surface area contributed by atoms with E-state index in [0.29, 0.717) is 12.4 Å². The number of aldehydes is 1. The Kier molecular flexibility index (Phi) is 7.94. The van der Waals surface area contributed by atoms with Crippen LogP contribution in [0.15, 0.2) is 48.2 Å². The molecule has 2 aromatic rings. The van der Waals surface area contributed by atoms with Gasteiger partial charge in [-0.05, 0) is 41.5 Å². The molecule has 2 heterocycles. The average Bonchev–Trinajstić information content (AvgIpc) is 3.55. The van der Waals surface area contributed by atoms with E-state index in [-0.39, 0.29) is 38.7 Å². The van der Waals surface area contributed by atoms with Gasteiger partial charge in [0.2, 0.25) is 0 Å². The Bertz CT molecular complexity index is 1540. The predicted molar refractivity (Wildman–Crippen MR) is 165 cm³/mol. The van der Waals surface area contributed by atoms with Crippen LogP contribution in [-0.4, -0.2) is 70.4 Å². The summed E-state index contributed by atoms with van der Waals surface area (Å²) in [5.74, 6) is -5.24. The molecule has 5 rings (SSSR count). The van der Waals surface area contributed by atoms with Crippen molar-refractivity contribution in [2.75, 3.05) is 25.5 Å². The van der Waals surface area contributed by atoms with E-state index in [1.54, 1.807) is 0 Å². The van der Waals surface area contributed by atoms with Crippen molar-refractivity contribution in [3.05, 3.63) is 74.9 Å². The molecule has 2 aliphatic heterocycles. The smallest absolute Gasteiger partial charge is 0.285 e. The van der Waals surface area contributed by atoms with E-state index < -0.39 is 46.9 Å². The van der Waals surface area contributed by atoms with Crippen molar-refractivity contribution in [1.29, 1.82) is 0 Å². The number of hydrogen-bond acceptors (Lipinski definition) is 6. The first-order chi connectivity index (χ1) is 20.0. The predicted octanol–water partition coefficient (Wildman–Crippen LogP) is 5.32. The minimum absolute atomic E-state index is 0.0299.